The minimum Gasteiger partial charge on any atom is -0.489 e. The Balaban J connectivity index is 1.41. The molecule has 1 aliphatic heterocycles. The third-order valence-electron chi connectivity index (χ3n) is 8.24. The predicted molar refractivity (Wildman–Crippen MR) is 168 cm³/mol. The molecule has 218 valence electrons. The molecule has 3 aromatic carbocycles. The van der Waals surface area contributed by atoms with E-state index in [0.717, 1.165) is 67.8 Å². The summed E-state index contributed by atoms with van der Waals surface area (Å²) in [4.78, 5) is 27.4. The second-order valence-electron chi connectivity index (χ2n) is 11.7. The smallest absolute Gasteiger partial charge is 0.335 e. The number of allylic oxidation sites excluding steroid dienone is 1. The van der Waals surface area contributed by atoms with Gasteiger partial charge in [0.25, 0.3) is 0 Å². The molecule has 0 spiro atoms. The summed E-state index contributed by atoms with van der Waals surface area (Å²) < 4.78 is 6.37. The number of ether oxygens (including phenoxy) is 1. The summed E-state index contributed by atoms with van der Waals surface area (Å²) in [6.45, 7) is 6.78. The van der Waals surface area contributed by atoms with E-state index in [1.54, 1.807) is 31.1 Å². The van der Waals surface area contributed by atoms with E-state index in [1.165, 1.54) is 27.8 Å². The van der Waals surface area contributed by atoms with Crippen LogP contribution in [0, 0.1) is 13.8 Å². The number of carboxylic acid groups (broad SMARTS) is 1. The number of benzene rings is 3. The van der Waals surface area contributed by atoms with Crippen LogP contribution in [0.15, 0.2) is 72.8 Å². The number of rotatable bonds is 8. The van der Waals surface area contributed by atoms with Crippen LogP contribution in [0.3, 0.4) is 0 Å². The van der Waals surface area contributed by atoms with Crippen LogP contribution in [-0.2, 0) is 11.2 Å². The second kappa shape index (κ2) is 12.8. The summed E-state index contributed by atoms with van der Waals surface area (Å²) in [5.41, 5.74) is 9.83. The summed E-state index contributed by atoms with van der Waals surface area (Å²) in [7, 11) is 3.50. The maximum absolute atomic E-state index is 11.8. The first-order valence-corrected chi connectivity index (χ1v) is 14.7. The Morgan fingerprint density at radius 2 is 1.76 bits per heavy atom. The van der Waals surface area contributed by atoms with E-state index in [1.807, 2.05) is 18.2 Å². The molecule has 6 heteroatoms. The number of amides is 1. The monoisotopic (exact) mass is 564 g/mol. The molecule has 3 aromatic rings. The van der Waals surface area contributed by atoms with Gasteiger partial charge in [0.05, 0.1) is 5.56 Å². The molecule has 42 heavy (non-hydrogen) atoms. The third-order valence-corrected chi connectivity index (χ3v) is 8.24. The van der Waals surface area contributed by atoms with Gasteiger partial charge in [-0.15, -0.1) is 0 Å². The minimum atomic E-state index is -0.896. The molecule has 1 amide bonds. The molecular formula is C36H40N2O4. The lowest BCUT2D eigenvalue weighted by atomic mass is 9.86. The standard InChI is InChI=1S/C36H40N2O4/c1-24-10-16-31(25(2)21-24)33-8-5-7-27-22-28(36(40)41)13-17-32(27)35(33)26-11-14-29(15-12-26)42-30-18-20-38(23-30)19-6-9-34(39)37(3)4/h6,9-17,21-22,30H,5,7-8,18-20,23H2,1-4H3,(H,40,41)/t30-/m0/s1. The van der Waals surface area contributed by atoms with Crippen molar-refractivity contribution < 1.29 is 19.4 Å². The number of aromatic carboxylic acids is 1. The van der Waals surface area contributed by atoms with Crippen LogP contribution in [0.5, 0.6) is 5.75 Å². The molecule has 1 fully saturated rings. The highest BCUT2D eigenvalue weighted by Gasteiger charge is 2.25. The number of likely N-dealkylation sites (tertiary alicyclic amines) is 1. The van der Waals surface area contributed by atoms with Crippen molar-refractivity contribution in [2.45, 2.75) is 45.6 Å². The lowest BCUT2D eigenvalue weighted by Gasteiger charge is -2.19. The number of carboxylic acids is 1. The van der Waals surface area contributed by atoms with Gasteiger partial charge in [0.1, 0.15) is 11.9 Å². The summed E-state index contributed by atoms with van der Waals surface area (Å²) in [6, 6.07) is 20.6. The first-order valence-electron chi connectivity index (χ1n) is 14.7. The van der Waals surface area contributed by atoms with Crippen molar-refractivity contribution in [3.8, 4) is 5.75 Å². The molecular weight excluding hydrogens is 524 g/mol. The van der Waals surface area contributed by atoms with Gasteiger partial charge in [-0.3, -0.25) is 9.69 Å². The zero-order valence-corrected chi connectivity index (χ0v) is 25.0. The van der Waals surface area contributed by atoms with Crippen LogP contribution < -0.4 is 4.74 Å². The quantitative estimate of drug-likeness (QED) is 0.321. The van der Waals surface area contributed by atoms with E-state index in [2.05, 4.69) is 61.2 Å². The van der Waals surface area contributed by atoms with Crippen LogP contribution in [0.2, 0.25) is 0 Å². The SMILES string of the molecule is Cc1ccc(C2=C(c3ccc(O[C@H]4CCN(CC=CC(=O)N(C)C)C4)cc3)c3ccc(C(=O)O)cc3CCC2)c(C)c1. The number of likely N-dealkylation sites (N-methyl/N-ethyl adjacent to an activating group) is 1. The second-order valence-corrected chi connectivity index (χ2v) is 11.7. The molecule has 1 N–H and O–H groups in total. The molecule has 0 unspecified atom stereocenters. The largest absolute Gasteiger partial charge is 0.489 e. The van der Waals surface area contributed by atoms with Gasteiger partial charge < -0.3 is 14.7 Å². The molecule has 1 atom stereocenters. The maximum atomic E-state index is 11.8. The van der Waals surface area contributed by atoms with Crippen LogP contribution in [0.25, 0.3) is 11.1 Å². The number of hydrogen-bond acceptors (Lipinski definition) is 4. The molecule has 1 saturated heterocycles. The Bertz CT molecular complexity index is 1530. The number of hydrogen-bond donors (Lipinski definition) is 1. The molecule has 2 aliphatic rings. The van der Waals surface area contributed by atoms with E-state index >= 15 is 0 Å². The zero-order valence-electron chi connectivity index (χ0n) is 25.0. The normalized spacial score (nSPS) is 17.3. The number of fused-ring (bicyclic) bond motifs is 1. The van der Waals surface area contributed by atoms with Gasteiger partial charge in [-0.1, -0.05) is 48.0 Å². The van der Waals surface area contributed by atoms with E-state index in [9.17, 15) is 14.7 Å². The van der Waals surface area contributed by atoms with Crippen LogP contribution in [0.4, 0.5) is 0 Å². The Hall–Kier alpha value is -4.16. The fourth-order valence-corrected chi connectivity index (χ4v) is 6.08. The van der Waals surface area contributed by atoms with Gasteiger partial charge in [0, 0.05) is 39.8 Å². The highest BCUT2D eigenvalue weighted by atomic mass is 16.5. The van der Waals surface area contributed by atoms with Crippen LogP contribution in [-0.4, -0.2) is 66.6 Å². The molecule has 0 saturated carbocycles. The fraction of sp³-hybridized carbons (Fsp3) is 0.333. The molecule has 0 bridgehead atoms. The zero-order chi connectivity index (χ0) is 29.8. The molecule has 0 aromatic heterocycles. The summed E-state index contributed by atoms with van der Waals surface area (Å²) in [5, 5.41) is 9.63. The van der Waals surface area contributed by atoms with Gasteiger partial charge in [-0.2, -0.15) is 0 Å². The lowest BCUT2D eigenvalue weighted by Crippen LogP contribution is -2.25. The van der Waals surface area contributed by atoms with Gasteiger partial charge in [-0.25, -0.2) is 4.79 Å². The van der Waals surface area contributed by atoms with E-state index in [4.69, 9.17) is 4.74 Å². The van der Waals surface area contributed by atoms with Crippen molar-refractivity contribution in [2.24, 2.45) is 0 Å². The Kier molecular flexibility index (Phi) is 8.93. The number of nitrogens with zero attached hydrogens (tertiary/aromatic N) is 2. The minimum absolute atomic E-state index is 0.00323. The Morgan fingerprint density at radius 3 is 2.48 bits per heavy atom. The van der Waals surface area contributed by atoms with Crippen LogP contribution in [0.1, 0.15) is 63.0 Å². The number of aryl methyl sites for hydroxylation is 3. The molecule has 0 radical (unpaired) electrons. The van der Waals surface area contributed by atoms with Crippen molar-refractivity contribution in [3.63, 3.8) is 0 Å². The summed E-state index contributed by atoms with van der Waals surface area (Å²) in [5.74, 6) is -0.0589. The first-order chi connectivity index (χ1) is 20.2. The predicted octanol–water partition coefficient (Wildman–Crippen LogP) is 6.39. The average molecular weight is 565 g/mol. The van der Waals surface area contributed by atoms with Crippen molar-refractivity contribution in [1.82, 2.24) is 9.80 Å². The third kappa shape index (κ3) is 6.66. The fourth-order valence-electron chi connectivity index (χ4n) is 6.08. The molecule has 5 rings (SSSR count). The molecule has 1 heterocycles. The van der Waals surface area contributed by atoms with Crippen molar-refractivity contribution in [2.75, 3.05) is 33.7 Å². The molecule has 6 nitrogen and oxygen atoms in total. The lowest BCUT2D eigenvalue weighted by molar-refractivity contribution is -0.123. The summed E-state index contributed by atoms with van der Waals surface area (Å²) in [6.07, 6.45) is 7.31. The van der Waals surface area contributed by atoms with E-state index < -0.39 is 5.97 Å². The van der Waals surface area contributed by atoms with Crippen molar-refractivity contribution >= 4 is 23.0 Å². The average Bonchev–Trinajstić information content (AvgIpc) is 3.31. The molecule has 1 aliphatic carbocycles. The Labute approximate surface area is 248 Å². The van der Waals surface area contributed by atoms with Gasteiger partial charge in [0.2, 0.25) is 5.91 Å². The van der Waals surface area contributed by atoms with Gasteiger partial charge in [-0.05, 0) is 103 Å². The maximum Gasteiger partial charge on any atom is 0.335 e. The van der Waals surface area contributed by atoms with E-state index in [-0.39, 0.29) is 12.0 Å². The van der Waals surface area contributed by atoms with Crippen molar-refractivity contribution in [1.29, 1.82) is 0 Å². The van der Waals surface area contributed by atoms with Crippen LogP contribution >= 0.6 is 0 Å². The number of carbonyl (C=O) groups is 2. The highest BCUT2D eigenvalue weighted by molar-refractivity contribution is 6.01. The van der Waals surface area contributed by atoms with Crippen molar-refractivity contribution in [3.05, 3.63) is 112 Å². The Morgan fingerprint density at radius 1 is 1.00 bits per heavy atom. The van der Waals surface area contributed by atoms with Gasteiger partial charge >= 0.3 is 5.97 Å². The first kappa shape index (κ1) is 29.3. The van der Waals surface area contributed by atoms with Gasteiger partial charge in [0.15, 0.2) is 0 Å². The highest BCUT2D eigenvalue weighted by Crippen LogP contribution is 2.41. The number of carbonyl (C=O) groups excluding carboxylic acids is 1. The summed E-state index contributed by atoms with van der Waals surface area (Å²) >= 11 is 0. The topological polar surface area (TPSA) is 70.1 Å². The van der Waals surface area contributed by atoms with E-state index in [0.29, 0.717) is 5.56 Å².